The van der Waals surface area contributed by atoms with Crippen LogP contribution in [0.4, 0.5) is 0 Å². The van der Waals surface area contributed by atoms with Crippen molar-refractivity contribution < 1.29 is 19.3 Å². The Morgan fingerprint density at radius 3 is 2.23 bits per heavy atom. The van der Waals surface area contributed by atoms with Crippen molar-refractivity contribution in [1.29, 1.82) is 0 Å². The number of aliphatic hydroxyl groups is 1. The minimum atomic E-state index is -0.798. The highest BCUT2D eigenvalue weighted by molar-refractivity contribution is 9.10. The molecule has 118 valence electrons. The Balaban J connectivity index is 2.35. The summed E-state index contributed by atoms with van der Waals surface area (Å²) in [5.74, 6) is 2.00. The molecule has 2 aromatic carbocycles. The smallest absolute Gasteiger partial charge is 0.136 e. The molecule has 0 radical (unpaired) electrons. The summed E-state index contributed by atoms with van der Waals surface area (Å²) in [4.78, 5) is 0. The first-order valence-corrected chi connectivity index (χ1v) is 7.72. The lowest BCUT2D eigenvalue weighted by molar-refractivity contribution is 0.214. The second-order valence-electron chi connectivity index (χ2n) is 4.63. The van der Waals surface area contributed by atoms with Crippen LogP contribution in [-0.2, 0) is 0 Å². The van der Waals surface area contributed by atoms with Crippen molar-refractivity contribution in [1.82, 2.24) is 0 Å². The van der Waals surface area contributed by atoms with Crippen LogP contribution in [-0.4, -0.2) is 25.9 Å². The van der Waals surface area contributed by atoms with Crippen LogP contribution in [0.3, 0.4) is 0 Å². The molecule has 0 saturated carbocycles. The molecule has 0 aliphatic heterocycles. The van der Waals surface area contributed by atoms with Crippen molar-refractivity contribution in [2.45, 2.75) is 13.0 Å². The topological polar surface area (TPSA) is 47.9 Å². The summed E-state index contributed by atoms with van der Waals surface area (Å²) < 4.78 is 16.8. The lowest BCUT2D eigenvalue weighted by atomic mass is 10.0. The second kappa shape index (κ2) is 7.51. The summed E-state index contributed by atoms with van der Waals surface area (Å²) in [7, 11) is 3.15. The lowest BCUT2D eigenvalue weighted by Gasteiger charge is -2.17. The van der Waals surface area contributed by atoms with Crippen LogP contribution in [0.15, 0.2) is 40.9 Å². The highest BCUT2D eigenvalue weighted by Gasteiger charge is 2.18. The van der Waals surface area contributed by atoms with Gasteiger partial charge in [-0.3, -0.25) is 0 Å². The lowest BCUT2D eigenvalue weighted by Crippen LogP contribution is -2.03. The molecule has 0 aliphatic rings. The number of benzene rings is 2. The van der Waals surface area contributed by atoms with Gasteiger partial charge in [-0.1, -0.05) is 12.1 Å². The minimum Gasteiger partial charge on any atom is -0.496 e. The van der Waals surface area contributed by atoms with Gasteiger partial charge in [0.1, 0.15) is 23.4 Å². The molecule has 0 amide bonds. The molecule has 0 saturated heterocycles. The van der Waals surface area contributed by atoms with Gasteiger partial charge >= 0.3 is 0 Å². The summed E-state index contributed by atoms with van der Waals surface area (Å²) in [6, 6.07) is 10.9. The number of hydrogen-bond donors (Lipinski definition) is 1. The van der Waals surface area contributed by atoms with Gasteiger partial charge in [0.05, 0.1) is 25.3 Å². The molecule has 1 atom stereocenters. The maximum absolute atomic E-state index is 10.6. The first kappa shape index (κ1) is 16.6. The summed E-state index contributed by atoms with van der Waals surface area (Å²) in [5, 5.41) is 10.6. The van der Waals surface area contributed by atoms with E-state index in [-0.39, 0.29) is 0 Å². The Labute approximate surface area is 138 Å². The van der Waals surface area contributed by atoms with Gasteiger partial charge in [0.2, 0.25) is 0 Å². The van der Waals surface area contributed by atoms with Crippen molar-refractivity contribution in [2.24, 2.45) is 0 Å². The van der Waals surface area contributed by atoms with Crippen LogP contribution in [0.1, 0.15) is 24.2 Å². The third-order valence-electron chi connectivity index (χ3n) is 3.31. The van der Waals surface area contributed by atoms with Crippen molar-refractivity contribution >= 4 is 15.9 Å². The standard InChI is InChI=1S/C17H19BrO4/c1-4-22-12-7-5-11(6-8-12)17(19)13-9-14(18)16(21-3)10-15(13)20-2/h5-10,17,19H,4H2,1-3H3. The fourth-order valence-electron chi connectivity index (χ4n) is 2.19. The maximum Gasteiger partial charge on any atom is 0.136 e. The molecule has 0 aliphatic carbocycles. The predicted octanol–water partition coefficient (Wildman–Crippen LogP) is 3.95. The summed E-state index contributed by atoms with van der Waals surface area (Å²) in [6.45, 7) is 2.55. The van der Waals surface area contributed by atoms with E-state index in [1.807, 2.05) is 31.2 Å². The number of rotatable bonds is 6. The van der Waals surface area contributed by atoms with Gasteiger partial charge in [0.15, 0.2) is 0 Å². The molecular formula is C17H19BrO4. The fourth-order valence-corrected chi connectivity index (χ4v) is 2.71. The fraction of sp³-hybridized carbons (Fsp3) is 0.294. The van der Waals surface area contributed by atoms with Crippen LogP contribution in [0.5, 0.6) is 17.2 Å². The molecule has 0 bridgehead atoms. The molecule has 5 heteroatoms. The number of hydrogen-bond acceptors (Lipinski definition) is 4. The van der Waals surface area contributed by atoms with Crippen molar-refractivity contribution in [3.63, 3.8) is 0 Å². The minimum absolute atomic E-state index is 0.571. The summed E-state index contributed by atoms with van der Waals surface area (Å²) in [6.07, 6.45) is -0.798. The molecule has 0 aromatic heterocycles. The number of ether oxygens (including phenoxy) is 3. The zero-order valence-corrected chi connectivity index (χ0v) is 14.4. The van der Waals surface area contributed by atoms with E-state index in [0.717, 1.165) is 15.8 Å². The van der Waals surface area contributed by atoms with Crippen LogP contribution in [0.2, 0.25) is 0 Å². The van der Waals surface area contributed by atoms with E-state index < -0.39 is 6.10 Å². The Hall–Kier alpha value is -1.72. The average Bonchev–Trinajstić information content (AvgIpc) is 2.55. The van der Waals surface area contributed by atoms with Gasteiger partial charge in [-0.05, 0) is 46.6 Å². The van der Waals surface area contributed by atoms with Crippen LogP contribution < -0.4 is 14.2 Å². The van der Waals surface area contributed by atoms with E-state index in [2.05, 4.69) is 15.9 Å². The van der Waals surface area contributed by atoms with Gasteiger partial charge < -0.3 is 19.3 Å². The zero-order valence-electron chi connectivity index (χ0n) is 12.8. The van der Waals surface area contributed by atoms with E-state index in [9.17, 15) is 5.11 Å². The third kappa shape index (κ3) is 3.54. The SMILES string of the molecule is CCOc1ccc(C(O)c2cc(Br)c(OC)cc2OC)cc1. The first-order chi connectivity index (χ1) is 10.6. The van der Waals surface area contributed by atoms with Gasteiger partial charge in [0, 0.05) is 11.6 Å². The molecule has 0 heterocycles. The molecule has 4 nitrogen and oxygen atoms in total. The van der Waals surface area contributed by atoms with Crippen molar-refractivity contribution in [3.8, 4) is 17.2 Å². The normalized spacial score (nSPS) is 11.9. The van der Waals surface area contributed by atoms with E-state index in [0.29, 0.717) is 23.7 Å². The highest BCUT2D eigenvalue weighted by atomic mass is 79.9. The highest BCUT2D eigenvalue weighted by Crippen LogP contribution is 2.38. The predicted molar refractivity (Wildman–Crippen MR) is 88.9 cm³/mol. The Morgan fingerprint density at radius 2 is 1.68 bits per heavy atom. The first-order valence-electron chi connectivity index (χ1n) is 6.93. The molecular weight excluding hydrogens is 348 g/mol. The Kier molecular flexibility index (Phi) is 5.69. The van der Waals surface area contributed by atoms with E-state index in [1.165, 1.54) is 0 Å². The van der Waals surface area contributed by atoms with E-state index >= 15 is 0 Å². The summed E-state index contributed by atoms with van der Waals surface area (Å²) in [5.41, 5.74) is 1.43. The molecule has 0 spiro atoms. The van der Waals surface area contributed by atoms with Crippen LogP contribution in [0, 0.1) is 0 Å². The van der Waals surface area contributed by atoms with E-state index in [4.69, 9.17) is 14.2 Å². The quantitative estimate of drug-likeness (QED) is 0.840. The average molecular weight is 367 g/mol. The molecule has 2 rings (SSSR count). The Bertz CT molecular complexity index is 625. The van der Waals surface area contributed by atoms with Gasteiger partial charge in [-0.2, -0.15) is 0 Å². The van der Waals surface area contributed by atoms with Crippen molar-refractivity contribution in [3.05, 3.63) is 52.0 Å². The number of aliphatic hydroxyl groups excluding tert-OH is 1. The summed E-state index contributed by atoms with van der Waals surface area (Å²) >= 11 is 3.43. The molecule has 1 unspecified atom stereocenters. The number of methoxy groups -OCH3 is 2. The second-order valence-corrected chi connectivity index (χ2v) is 5.49. The van der Waals surface area contributed by atoms with E-state index in [1.54, 1.807) is 26.4 Å². The monoisotopic (exact) mass is 366 g/mol. The van der Waals surface area contributed by atoms with Crippen molar-refractivity contribution in [2.75, 3.05) is 20.8 Å². The molecule has 0 fully saturated rings. The van der Waals surface area contributed by atoms with Gasteiger partial charge in [-0.25, -0.2) is 0 Å². The number of halogens is 1. The molecule has 1 N–H and O–H groups in total. The molecule has 22 heavy (non-hydrogen) atoms. The third-order valence-corrected chi connectivity index (χ3v) is 3.93. The van der Waals surface area contributed by atoms with Crippen LogP contribution in [0.25, 0.3) is 0 Å². The zero-order chi connectivity index (χ0) is 16.1. The largest absolute Gasteiger partial charge is 0.496 e. The van der Waals surface area contributed by atoms with Crippen LogP contribution >= 0.6 is 15.9 Å². The van der Waals surface area contributed by atoms with Gasteiger partial charge in [0.25, 0.3) is 0 Å². The Morgan fingerprint density at radius 1 is 1.05 bits per heavy atom. The molecule has 2 aromatic rings. The van der Waals surface area contributed by atoms with Gasteiger partial charge in [-0.15, -0.1) is 0 Å². The maximum atomic E-state index is 10.6.